The van der Waals surface area contributed by atoms with E-state index >= 15 is 0 Å². The summed E-state index contributed by atoms with van der Waals surface area (Å²) >= 11 is 1.37. The van der Waals surface area contributed by atoms with Crippen molar-refractivity contribution in [3.63, 3.8) is 0 Å². The number of carbonyl (C=O) groups is 2. The number of rotatable bonds is 5. The molecule has 1 aromatic carbocycles. The standard InChI is InChI=1S/C29H31F3N4O4S/c1-18-15-35(25-7-5-23(14-33-25)29(30,31)32)16-19(2)36(18)17-26(37)34-10-8-20(9-11-34)21-4-6-24-22(12-21)13-27(41-24)40-28(38)39-3/h4-8,12-14,18-19H,9-11,15-17H2,1-3H3/t18-,19+. The van der Waals surface area contributed by atoms with Gasteiger partial charge in [-0.15, -0.1) is 0 Å². The van der Waals surface area contributed by atoms with Gasteiger partial charge in [-0.05, 0) is 61.1 Å². The highest BCUT2D eigenvalue weighted by molar-refractivity contribution is 7.20. The van der Waals surface area contributed by atoms with Crippen molar-refractivity contribution in [2.45, 2.75) is 38.5 Å². The Morgan fingerprint density at radius 3 is 2.46 bits per heavy atom. The third-order valence-corrected chi connectivity index (χ3v) is 8.59. The highest BCUT2D eigenvalue weighted by atomic mass is 32.1. The van der Waals surface area contributed by atoms with Crippen LogP contribution in [0.25, 0.3) is 15.7 Å². The number of piperazine rings is 1. The van der Waals surface area contributed by atoms with Gasteiger partial charge in [0.25, 0.3) is 0 Å². The van der Waals surface area contributed by atoms with Crippen LogP contribution >= 0.6 is 11.3 Å². The van der Waals surface area contributed by atoms with Crippen molar-refractivity contribution in [3.05, 3.63) is 59.8 Å². The molecule has 2 aliphatic rings. The highest BCUT2D eigenvalue weighted by Gasteiger charge is 2.34. The van der Waals surface area contributed by atoms with Crippen LogP contribution in [0.5, 0.6) is 5.06 Å². The first-order valence-corrected chi connectivity index (χ1v) is 14.1. The van der Waals surface area contributed by atoms with E-state index in [1.165, 1.54) is 24.5 Å². The van der Waals surface area contributed by atoms with E-state index in [4.69, 9.17) is 4.74 Å². The number of anilines is 1. The van der Waals surface area contributed by atoms with Gasteiger partial charge in [-0.1, -0.05) is 23.5 Å². The monoisotopic (exact) mass is 588 g/mol. The average Bonchev–Trinajstić information content (AvgIpc) is 3.35. The van der Waals surface area contributed by atoms with Gasteiger partial charge in [0.15, 0.2) is 5.06 Å². The molecule has 1 amide bonds. The molecule has 0 bridgehead atoms. The van der Waals surface area contributed by atoms with Crippen LogP contribution < -0.4 is 9.64 Å². The molecule has 2 atom stereocenters. The number of hydrogen-bond donors (Lipinski definition) is 0. The fraction of sp³-hybridized carbons (Fsp3) is 0.414. The number of halogens is 3. The molecule has 1 saturated heterocycles. The Bertz CT molecular complexity index is 1440. The van der Waals surface area contributed by atoms with E-state index in [9.17, 15) is 22.8 Å². The Morgan fingerprint density at radius 2 is 1.85 bits per heavy atom. The predicted molar refractivity (Wildman–Crippen MR) is 151 cm³/mol. The number of benzene rings is 1. The summed E-state index contributed by atoms with van der Waals surface area (Å²) in [6.45, 7) is 6.59. The molecule has 3 aromatic rings. The molecule has 5 rings (SSSR count). The summed E-state index contributed by atoms with van der Waals surface area (Å²) < 4.78 is 49.4. The van der Waals surface area contributed by atoms with Gasteiger partial charge in [0.1, 0.15) is 5.82 Å². The van der Waals surface area contributed by atoms with Crippen molar-refractivity contribution in [1.82, 2.24) is 14.8 Å². The Balaban J connectivity index is 1.18. The zero-order chi connectivity index (χ0) is 29.3. The van der Waals surface area contributed by atoms with Crippen LogP contribution in [0, 0.1) is 0 Å². The van der Waals surface area contributed by atoms with E-state index < -0.39 is 17.9 Å². The maximum absolute atomic E-state index is 13.2. The summed E-state index contributed by atoms with van der Waals surface area (Å²) in [6.07, 6.45) is -1.49. The molecule has 0 N–H and O–H groups in total. The van der Waals surface area contributed by atoms with E-state index in [1.807, 2.05) is 41.8 Å². The predicted octanol–water partition coefficient (Wildman–Crippen LogP) is 5.68. The first-order chi connectivity index (χ1) is 19.5. The van der Waals surface area contributed by atoms with Crippen molar-refractivity contribution in [2.75, 3.05) is 44.7 Å². The Kier molecular flexibility index (Phi) is 8.23. The number of ether oxygens (including phenoxy) is 2. The average molecular weight is 589 g/mol. The van der Waals surface area contributed by atoms with E-state index in [0.29, 0.717) is 37.1 Å². The Hall–Kier alpha value is -3.64. The van der Waals surface area contributed by atoms with E-state index in [0.717, 1.165) is 39.9 Å². The molecule has 0 radical (unpaired) electrons. The summed E-state index contributed by atoms with van der Waals surface area (Å²) in [5, 5.41) is 1.44. The molecule has 0 spiro atoms. The summed E-state index contributed by atoms with van der Waals surface area (Å²) in [4.78, 5) is 34.7. The lowest BCUT2D eigenvalue weighted by Crippen LogP contribution is -2.59. The van der Waals surface area contributed by atoms with E-state index in [1.54, 1.807) is 0 Å². The largest absolute Gasteiger partial charge is 0.514 e. The van der Waals surface area contributed by atoms with E-state index in [2.05, 4.69) is 26.8 Å². The lowest BCUT2D eigenvalue weighted by Gasteiger charge is -2.45. The summed E-state index contributed by atoms with van der Waals surface area (Å²) in [7, 11) is 1.27. The molecular weight excluding hydrogens is 557 g/mol. The molecule has 0 saturated carbocycles. The van der Waals surface area contributed by atoms with E-state index in [-0.39, 0.29) is 24.5 Å². The molecule has 8 nitrogen and oxygen atoms in total. The van der Waals surface area contributed by atoms with Crippen molar-refractivity contribution in [1.29, 1.82) is 0 Å². The van der Waals surface area contributed by atoms with Crippen LogP contribution in [0.3, 0.4) is 0 Å². The van der Waals surface area contributed by atoms with Crippen LogP contribution in [0.4, 0.5) is 23.8 Å². The first-order valence-electron chi connectivity index (χ1n) is 13.3. The normalized spacial score (nSPS) is 20.2. The number of nitrogens with zero attached hydrogens (tertiary/aromatic N) is 4. The van der Waals surface area contributed by atoms with Crippen LogP contribution in [0.2, 0.25) is 0 Å². The second-order valence-electron chi connectivity index (χ2n) is 10.4. The topological polar surface area (TPSA) is 75.2 Å². The minimum atomic E-state index is -4.42. The summed E-state index contributed by atoms with van der Waals surface area (Å²) in [5.74, 6) is 0.558. The number of aromatic nitrogens is 1. The number of hydrogen-bond acceptors (Lipinski definition) is 8. The van der Waals surface area contributed by atoms with Crippen molar-refractivity contribution >= 4 is 44.9 Å². The van der Waals surface area contributed by atoms with Crippen LogP contribution in [0.15, 0.2) is 48.7 Å². The Labute approximate surface area is 239 Å². The smallest absolute Gasteiger partial charge is 0.437 e. The van der Waals surface area contributed by atoms with Crippen LogP contribution in [-0.2, 0) is 15.7 Å². The van der Waals surface area contributed by atoms with Crippen molar-refractivity contribution < 1.29 is 32.2 Å². The minimum absolute atomic E-state index is 0.0214. The van der Waals surface area contributed by atoms with Crippen molar-refractivity contribution in [3.8, 4) is 5.06 Å². The van der Waals surface area contributed by atoms with Gasteiger partial charge in [-0.2, -0.15) is 13.2 Å². The Morgan fingerprint density at radius 1 is 1.10 bits per heavy atom. The van der Waals surface area contributed by atoms with Crippen LogP contribution in [-0.4, -0.2) is 78.8 Å². The third-order valence-electron chi connectivity index (χ3n) is 7.60. The van der Waals surface area contributed by atoms with Gasteiger partial charge in [-0.25, -0.2) is 9.78 Å². The minimum Gasteiger partial charge on any atom is -0.437 e. The number of fused-ring (bicyclic) bond motifs is 1. The maximum atomic E-state index is 13.2. The molecule has 12 heteroatoms. The van der Waals surface area contributed by atoms with Gasteiger partial charge in [0.05, 0.1) is 19.2 Å². The number of carbonyl (C=O) groups excluding carboxylic acids is 2. The second kappa shape index (κ2) is 11.7. The number of methoxy groups -OCH3 is 1. The van der Waals surface area contributed by atoms with Crippen molar-refractivity contribution in [2.24, 2.45) is 0 Å². The molecule has 2 aromatic heterocycles. The number of pyridine rings is 1. The quantitative estimate of drug-likeness (QED) is 0.356. The maximum Gasteiger partial charge on any atom is 0.514 e. The molecule has 4 heterocycles. The van der Waals surface area contributed by atoms with Gasteiger partial charge in [-0.3, -0.25) is 9.69 Å². The zero-order valence-corrected chi connectivity index (χ0v) is 23.8. The second-order valence-corrected chi connectivity index (χ2v) is 11.4. The van der Waals surface area contributed by atoms with Gasteiger partial charge < -0.3 is 19.3 Å². The summed E-state index contributed by atoms with van der Waals surface area (Å²) in [6, 6.07) is 10.4. The van der Waals surface area contributed by atoms with Gasteiger partial charge >= 0.3 is 12.3 Å². The number of amides is 1. The molecule has 2 aliphatic heterocycles. The SMILES string of the molecule is COC(=O)Oc1cc2cc(C3=CCN(C(=O)CN4[C@H](C)CN(c5ccc(C(F)(F)F)cn5)C[C@@H]4C)CC3)ccc2s1. The lowest BCUT2D eigenvalue weighted by atomic mass is 9.98. The first kappa shape index (κ1) is 28.9. The number of alkyl halides is 3. The lowest BCUT2D eigenvalue weighted by molar-refractivity contribution is -0.137. The van der Waals surface area contributed by atoms with Gasteiger partial charge in [0.2, 0.25) is 5.91 Å². The molecule has 218 valence electrons. The molecule has 1 fully saturated rings. The third kappa shape index (κ3) is 6.48. The zero-order valence-electron chi connectivity index (χ0n) is 23.0. The fourth-order valence-corrected chi connectivity index (χ4v) is 6.29. The van der Waals surface area contributed by atoms with Gasteiger partial charge in [0, 0.05) is 55.2 Å². The fourth-order valence-electron chi connectivity index (χ4n) is 5.40. The summed E-state index contributed by atoms with van der Waals surface area (Å²) in [5.41, 5.74) is 1.47. The van der Waals surface area contributed by atoms with Crippen LogP contribution in [0.1, 0.15) is 31.4 Å². The molecule has 41 heavy (non-hydrogen) atoms. The highest BCUT2D eigenvalue weighted by Crippen LogP contribution is 2.35. The molecule has 0 aliphatic carbocycles. The number of thiophene rings is 1. The molecular formula is C29H31F3N4O4S. The molecule has 0 unspecified atom stereocenters.